The van der Waals surface area contributed by atoms with Crippen LogP contribution in [-0.2, 0) is 20.7 Å². The Hall–Kier alpha value is -1.98. The summed E-state index contributed by atoms with van der Waals surface area (Å²) < 4.78 is 24.5. The van der Waals surface area contributed by atoms with Gasteiger partial charge in [0, 0.05) is 6.54 Å². The molecular formula is C18H20FNO3. The van der Waals surface area contributed by atoms with E-state index >= 15 is 0 Å². The summed E-state index contributed by atoms with van der Waals surface area (Å²) in [5, 5.41) is 2.85. The minimum absolute atomic E-state index is 0.1000. The standard InChI is InChI=1S/C18H20FNO3/c19-14-7-3-5-13(11-14)6-4-10-20-18(21)17-12-22-15-8-1-2-9-16(15)23-17/h1-3,5,7-9,11,15-17H,4,6,10,12H2,(H,20,21). The molecule has 4 nitrogen and oxygen atoms in total. The van der Waals surface area contributed by atoms with Gasteiger partial charge in [-0.05, 0) is 30.5 Å². The van der Waals surface area contributed by atoms with Gasteiger partial charge in [-0.1, -0.05) is 36.4 Å². The third-order valence-corrected chi connectivity index (χ3v) is 3.92. The van der Waals surface area contributed by atoms with E-state index in [4.69, 9.17) is 9.47 Å². The van der Waals surface area contributed by atoms with E-state index in [-0.39, 0.29) is 30.5 Å². The first-order valence-corrected chi connectivity index (χ1v) is 7.86. The van der Waals surface area contributed by atoms with Gasteiger partial charge in [0.25, 0.3) is 5.91 Å². The van der Waals surface area contributed by atoms with E-state index in [1.165, 1.54) is 12.1 Å². The average molecular weight is 317 g/mol. The maximum atomic E-state index is 13.1. The van der Waals surface area contributed by atoms with Crippen LogP contribution in [0.3, 0.4) is 0 Å². The largest absolute Gasteiger partial charge is 0.368 e. The number of hydrogen-bond acceptors (Lipinski definition) is 3. The molecule has 0 spiro atoms. The van der Waals surface area contributed by atoms with Crippen molar-refractivity contribution in [2.45, 2.75) is 31.2 Å². The second-order valence-electron chi connectivity index (χ2n) is 5.68. The molecule has 1 N–H and O–H groups in total. The molecule has 3 unspecified atom stereocenters. The zero-order valence-electron chi connectivity index (χ0n) is 12.8. The molecule has 23 heavy (non-hydrogen) atoms. The summed E-state index contributed by atoms with van der Waals surface area (Å²) in [7, 11) is 0. The Morgan fingerprint density at radius 3 is 2.91 bits per heavy atom. The third kappa shape index (κ3) is 4.27. The fraction of sp³-hybridized carbons (Fsp3) is 0.389. The average Bonchev–Trinajstić information content (AvgIpc) is 2.58. The molecule has 0 saturated carbocycles. The quantitative estimate of drug-likeness (QED) is 0.847. The lowest BCUT2D eigenvalue weighted by atomic mass is 10.1. The van der Waals surface area contributed by atoms with Crippen molar-refractivity contribution in [2.24, 2.45) is 0 Å². The molecule has 1 aliphatic heterocycles. The summed E-state index contributed by atoms with van der Waals surface area (Å²) in [4.78, 5) is 12.1. The summed E-state index contributed by atoms with van der Waals surface area (Å²) in [5.74, 6) is -0.394. The normalized spacial score (nSPS) is 25.9. The van der Waals surface area contributed by atoms with Crippen LogP contribution in [0.15, 0.2) is 48.6 Å². The fourth-order valence-electron chi connectivity index (χ4n) is 2.71. The molecule has 1 saturated heterocycles. The molecule has 1 fully saturated rings. The zero-order valence-corrected chi connectivity index (χ0v) is 12.8. The van der Waals surface area contributed by atoms with Crippen molar-refractivity contribution in [1.29, 1.82) is 0 Å². The van der Waals surface area contributed by atoms with Gasteiger partial charge in [-0.25, -0.2) is 4.39 Å². The number of carbonyl (C=O) groups excluding carboxylic acids is 1. The number of hydrogen-bond donors (Lipinski definition) is 1. The minimum Gasteiger partial charge on any atom is -0.368 e. The van der Waals surface area contributed by atoms with Gasteiger partial charge in [0.05, 0.1) is 6.61 Å². The first-order chi connectivity index (χ1) is 11.2. The van der Waals surface area contributed by atoms with Crippen LogP contribution in [-0.4, -0.2) is 37.4 Å². The second-order valence-corrected chi connectivity index (χ2v) is 5.68. The summed E-state index contributed by atoms with van der Waals surface area (Å²) in [5.41, 5.74) is 0.929. The molecule has 0 radical (unpaired) electrons. The smallest absolute Gasteiger partial charge is 0.251 e. The van der Waals surface area contributed by atoms with Gasteiger partial charge in [0.2, 0.25) is 0 Å². The van der Waals surface area contributed by atoms with Gasteiger partial charge in [0.1, 0.15) is 18.0 Å². The highest BCUT2D eigenvalue weighted by Crippen LogP contribution is 2.20. The highest BCUT2D eigenvalue weighted by Gasteiger charge is 2.33. The van der Waals surface area contributed by atoms with Crippen LogP contribution in [0.4, 0.5) is 4.39 Å². The van der Waals surface area contributed by atoms with Crippen molar-refractivity contribution in [3.63, 3.8) is 0 Å². The van der Waals surface area contributed by atoms with Gasteiger partial charge in [0.15, 0.2) is 6.10 Å². The van der Waals surface area contributed by atoms with Crippen LogP contribution in [0.2, 0.25) is 0 Å². The van der Waals surface area contributed by atoms with E-state index in [2.05, 4.69) is 5.32 Å². The van der Waals surface area contributed by atoms with Crippen LogP contribution in [0, 0.1) is 5.82 Å². The molecule has 3 atom stereocenters. The number of allylic oxidation sites excluding steroid dienone is 2. The number of benzene rings is 1. The maximum Gasteiger partial charge on any atom is 0.251 e. The molecule has 2 aliphatic rings. The Balaban J connectivity index is 1.39. The van der Waals surface area contributed by atoms with E-state index in [1.807, 2.05) is 30.4 Å². The van der Waals surface area contributed by atoms with Crippen LogP contribution in [0.1, 0.15) is 12.0 Å². The topological polar surface area (TPSA) is 47.6 Å². The Labute approximate surface area is 135 Å². The predicted octanol–water partition coefficient (Wildman–Crippen LogP) is 2.15. The number of amides is 1. The second kappa shape index (κ2) is 7.53. The molecule has 3 rings (SSSR count). The van der Waals surface area contributed by atoms with Crippen LogP contribution >= 0.6 is 0 Å². The summed E-state index contributed by atoms with van der Waals surface area (Å²) in [6.45, 7) is 0.786. The number of rotatable bonds is 5. The lowest BCUT2D eigenvalue weighted by molar-refractivity contribution is -0.168. The van der Waals surface area contributed by atoms with Crippen molar-refractivity contribution in [3.8, 4) is 0 Å². The van der Waals surface area contributed by atoms with E-state index < -0.39 is 6.10 Å². The maximum absolute atomic E-state index is 13.1. The molecule has 1 aromatic carbocycles. The van der Waals surface area contributed by atoms with E-state index in [1.54, 1.807) is 6.07 Å². The summed E-state index contributed by atoms with van der Waals surface area (Å²) in [6.07, 6.45) is 8.22. The third-order valence-electron chi connectivity index (χ3n) is 3.92. The van der Waals surface area contributed by atoms with E-state index in [0.29, 0.717) is 6.54 Å². The van der Waals surface area contributed by atoms with Crippen LogP contribution in [0.25, 0.3) is 0 Å². The highest BCUT2D eigenvalue weighted by molar-refractivity contribution is 5.81. The van der Waals surface area contributed by atoms with Crippen molar-refractivity contribution < 1.29 is 18.7 Å². The monoisotopic (exact) mass is 317 g/mol. The van der Waals surface area contributed by atoms with Crippen molar-refractivity contribution in [2.75, 3.05) is 13.2 Å². The van der Waals surface area contributed by atoms with Gasteiger partial charge < -0.3 is 14.8 Å². The fourth-order valence-corrected chi connectivity index (χ4v) is 2.71. The zero-order chi connectivity index (χ0) is 16.1. The number of aryl methyl sites for hydroxylation is 1. The lowest BCUT2D eigenvalue weighted by Gasteiger charge is -2.34. The molecule has 0 bridgehead atoms. The Morgan fingerprint density at radius 2 is 2.09 bits per heavy atom. The van der Waals surface area contributed by atoms with Gasteiger partial charge in [-0.2, -0.15) is 0 Å². The number of carbonyl (C=O) groups is 1. The number of nitrogens with one attached hydrogen (secondary N) is 1. The van der Waals surface area contributed by atoms with Crippen molar-refractivity contribution in [1.82, 2.24) is 5.32 Å². The molecule has 122 valence electrons. The number of ether oxygens (including phenoxy) is 2. The molecule has 1 aromatic rings. The van der Waals surface area contributed by atoms with Gasteiger partial charge in [-0.3, -0.25) is 4.79 Å². The van der Waals surface area contributed by atoms with Gasteiger partial charge >= 0.3 is 0 Å². The van der Waals surface area contributed by atoms with Crippen LogP contribution < -0.4 is 5.32 Å². The lowest BCUT2D eigenvalue weighted by Crippen LogP contribution is -2.49. The molecule has 1 amide bonds. The number of fused-ring (bicyclic) bond motifs is 1. The minimum atomic E-state index is -0.582. The van der Waals surface area contributed by atoms with E-state index in [0.717, 1.165) is 18.4 Å². The molecule has 1 aliphatic carbocycles. The van der Waals surface area contributed by atoms with Crippen LogP contribution in [0.5, 0.6) is 0 Å². The van der Waals surface area contributed by atoms with Crippen molar-refractivity contribution >= 4 is 5.91 Å². The van der Waals surface area contributed by atoms with Crippen molar-refractivity contribution in [3.05, 3.63) is 60.0 Å². The van der Waals surface area contributed by atoms with E-state index in [9.17, 15) is 9.18 Å². The predicted molar refractivity (Wildman–Crippen MR) is 84.4 cm³/mol. The van der Waals surface area contributed by atoms with Gasteiger partial charge in [-0.15, -0.1) is 0 Å². The summed E-state index contributed by atoms with van der Waals surface area (Å²) in [6, 6.07) is 6.52. The highest BCUT2D eigenvalue weighted by atomic mass is 19.1. The first-order valence-electron chi connectivity index (χ1n) is 7.86. The Bertz CT molecular complexity index is 614. The first kappa shape index (κ1) is 15.9. The SMILES string of the molecule is O=C(NCCCc1cccc(F)c1)C1COC2C=CC=CC2O1. The molecule has 5 heteroatoms. The summed E-state index contributed by atoms with van der Waals surface area (Å²) >= 11 is 0. The Kier molecular flexibility index (Phi) is 5.20. The number of halogens is 1. The Morgan fingerprint density at radius 1 is 1.26 bits per heavy atom. The molecule has 0 aromatic heterocycles. The molecular weight excluding hydrogens is 297 g/mol. The molecule has 1 heterocycles.